The highest BCUT2D eigenvalue weighted by Crippen LogP contribution is 2.38. The number of allylic oxidation sites excluding steroid dienone is 2. The second kappa shape index (κ2) is 22.6. The minimum absolute atomic E-state index is 0.142. The monoisotopic (exact) mass is 545 g/mol. The number of piperidine rings is 1. The highest BCUT2D eigenvalue weighted by molar-refractivity contribution is 7.45. The number of rotatable bonds is 25. The summed E-state index contributed by atoms with van der Waals surface area (Å²) in [4.78, 5) is 12.0. The fourth-order valence-corrected chi connectivity index (χ4v) is 5.78. The molecule has 0 saturated carbocycles. The number of likely N-dealkylation sites (N-methyl/N-ethyl adjacent to an activating group) is 1. The molecule has 1 saturated heterocycles. The van der Waals surface area contributed by atoms with E-state index in [-0.39, 0.29) is 19.3 Å². The molecule has 1 unspecified atom stereocenters. The molecule has 6 nitrogen and oxygen atoms in total. The molecule has 0 bridgehead atoms. The van der Waals surface area contributed by atoms with Crippen molar-refractivity contribution >= 4 is 7.82 Å². The SMILES string of the molecule is CCCCCCCC/C=C\CCCCCCCCCCCCOP(=O)([O-])OCC[N+]1(C)CCC(O)CC1. The summed E-state index contributed by atoms with van der Waals surface area (Å²) in [7, 11) is -2.12. The topological polar surface area (TPSA) is 78.8 Å². The van der Waals surface area contributed by atoms with Crippen LogP contribution in [0.3, 0.4) is 0 Å². The highest BCUT2D eigenvalue weighted by Gasteiger charge is 2.29. The van der Waals surface area contributed by atoms with Crippen molar-refractivity contribution in [2.45, 2.75) is 141 Å². The summed E-state index contributed by atoms with van der Waals surface area (Å²) in [6, 6.07) is 0. The smallest absolute Gasteiger partial charge is 0.268 e. The van der Waals surface area contributed by atoms with Gasteiger partial charge in [0.1, 0.15) is 13.2 Å². The molecular formula is C30H60NO5P. The minimum atomic E-state index is -4.21. The van der Waals surface area contributed by atoms with Crippen LogP contribution in [0.2, 0.25) is 0 Å². The molecule has 0 spiro atoms. The van der Waals surface area contributed by atoms with Gasteiger partial charge in [-0.1, -0.05) is 103 Å². The molecule has 0 amide bonds. The van der Waals surface area contributed by atoms with E-state index >= 15 is 0 Å². The Balaban J connectivity index is 1.82. The van der Waals surface area contributed by atoms with Gasteiger partial charge in [-0.05, 0) is 32.1 Å². The van der Waals surface area contributed by atoms with E-state index in [4.69, 9.17) is 9.05 Å². The normalized spacial score (nSPS) is 22.0. The van der Waals surface area contributed by atoms with Gasteiger partial charge in [0, 0.05) is 12.8 Å². The third-order valence-corrected chi connectivity index (χ3v) is 8.79. The molecule has 1 N–H and O–H groups in total. The van der Waals surface area contributed by atoms with Crippen LogP contribution in [0.1, 0.15) is 135 Å². The number of aliphatic hydroxyl groups is 1. The second-order valence-electron chi connectivity index (χ2n) is 11.5. The Hall–Kier alpha value is -0.230. The first kappa shape index (κ1) is 34.8. The Labute approximate surface area is 229 Å². The molecule has 1 aliphatic rings. The molecule has 1 atom stereocenters. The largest absolute Gasteiger partial charge is 0.756 e. The lowest BCUT2D eigenvalue weighted by Crippen LogP contribution is -2.52. The maximum atomic E-state index is 12.0. The van der Waals surface area contributed by atoms with Gasteiger partial charge < -0.3 is 23.5 Å². The van der Waals surface area contributed by atoms with Gasteiger partial charge >= 0.3 is 0 Å². The minimum Gasteiger partial charge on any atom is -0.756 e. The van der Waals surface area contributed by atoms with Gasteiger partial charge in [0.25, 0.3) is 7.82 Å². The summed E-state index contributed by atoms with van der Waals surface area (Å²) in [5, 5.41) is 9.63. The van der Waals surface area contributed by atoms with Crippen molar-refractivity contribution in [1.29, 1.82) is 0 Å². The zero-order valence-corrected chi connectivity index (χ0v) is 25.3. The van der Waals surface area contributed by atoms with E-state index in [1.807, 2.05) is 0 Å². The van der Waals surface area contributed by atoms with Gasteiger partial charge in [0.2, 0.25) is 0 Å². The first-order valence-corrected chi connectivity index (χ1v) is 17.1. The van der Waals surface area contributed by atoms with Crippen molar-refractivity contribution < 1.29 is 28.1 Å². The molecule has 37 heavy (non-hydrogen) atoms. The van der Waals surface area contributed by atoms with E-state index in [2.05, 4.69) is 26.1 Å². The summed E-state index contributed by atoms with van der Waals surface area (Å²) in [6.45, 7) is 4.96. The maximum absolute atomic E-state index is 12.0. The van der Waals surface area contributed by atoms with Crippen LogP contribution in [0.25, 0.3) is 0 Å². The van der Waals surface area contributed by atoms with Crippen molar-refractivity contribution in [2.75, 3.05) is 39.9 Å². The average Bonchev–Trinajstić information content (AvgIpc) is 2.87. The molecule has 0 aromatic rings. The van der Waals surface area contributed by atoms with Gasteiger partial charge in [0.15, 0.2) is 0 Å². The predicted octanol–water partition coefficient (Wildman–Crippen LogP) is 7.69. The lowest BCUT2D eigenvalue weighted by molar-refractivity contribution is -0.915. The number of quaternary nitrogens is 1. The lowest BCUT2D eigenvalue weighted by atomic mass is 10.1. The predicted molar refractivity (Wildman–Crippen MR) is 153 cm³/mol. The van der Waals surface area contributed by atoms with Gasteiger partial charge in [-0.25, -0.2) is 0 Å². The number of phosphoric ester groups is 1. The van der Waals surface area contributed by atoms with E-state index in [0.717, 1.165) is 49.7 Å². The van der Waals surface area contributed by atoms with E-state index in [9.17, 15) is 14.6 Å². The number of aliphatic hydroxyl groups excluding tert-OH is 1. The number of nitrogens with zero attached hydrogens (tertiary/aromatic N) is 1. The number of hydrogen-bond donors (Lipinski definition) is 1. The molecule has 1 aliphatic heterocycles. The summed E-state index contributed by atoms with van der Waals surface area (Å²) in [5.74, 6) is 0. The van der Waals surface area contributed by atoms with Crippen LogP contribution in [0.15, 0.2) is 12.2 Å². The van der Waals surface area contributed by atoms with Crippen LogP contribution in [0, 0.1) is 0 Å². The van der Waals surface area contributed by atoms with Gasteiger partial charge in [-0.15, -0.1) is 0 Å². The van der Waals surface area contributed by atoms with E-state index in [0.29, 0.717) is 6.54 Å². The zero-order chi connectivity index (χ0) is 27.1. The van der Waals surface area contributed by atoms with E-state index < -0.39 is 7.82 Å². The molecule has 1 heterocycles. The average molecular weight is 546 g/mol. The van der Waals surface area contributed by atoms with Gasteiger partial charge in [-0.3, -0.25) is 4.57 Å². The Morgan fingerprint density at radius 2 is 1.19 bits per heavy atom. The van der Waals surface area contributed by atoms with E-state index in [1.165, 1.54) is 96.3 Å². The van der Waals surface area contributed by atoms with Crippen LogP contribution in [-0.4, -0.2) is 55.6 Å². The first-order valence-electron chi connectivity index (χ1n) is 15.6. The molecule has 0 radical (unpaired) electrons. The zero-order valence-electron chi connectivity index (χ0n) is 24.4. The number of phosphoric acid groups is 1. The molecular weight excluding hydrogens is 485 g/mol. The quantitative estimate of drug-likeness (QED) is 0.0551. The third kappa shape index (κ3) is 21.3. The van der Waals surface area contributed by atoms with Crippen molar-refractivity contribution in [3.8, 4) is 0 Å². The summed E-state index contributed by atoms with van der Waals surface area (Å²) in [6.07, 6.45) is 28.9. The second-order valence-corrected chi connectivity index (χ2v) is 12.9. The first-order chi connectivity index (χ1) is 17.9. The fourth-order valence-electron chi connectivity index (χ4n) is 5.04. The third-order valence-electron chi connectivity index (χ3n) is 7.79. The van der Waals surface area contributed by atoms with Gasteiger partial charge in [-0.2, -0.15) is 0 Å². The van der Waals surface area contributed by atoms with Crippen LogP contribution in [0.5, 0.6) is 0 Å². The van der Waals surface area contributed by atoms with Gasteiger partial charge in [0.05, 0.1) is 32.8 Å². The van der Waals surface area contributed by atoms with Crippen molar-refractivity contribution in [1.82, 2.24) is 0 Å². The Morgan fingerprint density at radius 3 is 1.70 bits per heavy atom. The fraction of sp³-hybridized carbons (Fsp3) is 0.933. The number of likely N-dealkylation sites (tertiary alicyclic amines) is 1. The van der Waals surface area contributed by atoms with Crippen molar-refractivity contribution in [3.05, 3.63) is 12.2 Å². The molecule has 1 fully saturated rings. The molecule has 0 aromatic carbocycles. The van der Waals surface area contributed by atoms with Crippen molar-refractivity contribution in [3.63, 3.8) is 0 Å². The molecule has 0 aromatic heterocycles. The van der Waals surface area contributed by atoms with Crippen molar-refractivity contribution in [2.24, 2.45) is 0 Å². The summed E-state index contributed by atoms with van der Waals surface area (Å²) >= 11 is 0. The Kier molecular flexibility index (Phi) is 21.2. The van der Waals surface area contributed by atoms with Crippen LogP contribution in [-0.2, 0) is 13.6 Å². The molecule has 0 aliphatic carbocycles. The van der Waals surface area contributed by atoms with Crippen LogP contribution in [0.4, 0.5) is 0 Å². The van der Waals surface area contributed by atoms with E-state index in [1.54, 1.807) is 0 Å². The highest BCUT2D eigenvalue weighted by atomic mass is 31.2. The number of hydrogen-bond acceptors (Lipinski definition) is 5. The molecule has 7 heteroatoms. The Morgan fingerprint density at radius 1 is 0.757 bits per heavy atom. The Bertz CT molecular complexity index is 593. The lowest BCUT2D eigenvalue weighted by Gasteiger charge is -2.39. The van der Waals surface area contributed by atoms with Crippen LogP contribution < -0.4 is 4.89 Å². The summed E-state index contributed by atoms with van der Waals surface area (Å²) < 4.78 is 22.8. The molecule has 1 rings (SSSR count). The summed E-state index contributed by atoms with van der Waals surface area (Å²) in [5.41, 5.74) is 0. The number of unbranched alkanes of at least 4 members (excludes halogenated alkanes) is 16. The van der Waals surface area contributed by atoms with Crippen LogP contribution >= 0.6 is 7.82 Å². The standard InChI is InChI=1S/C30H60NO5P/c1-3-4-5-6-7-8-9-10-11-12-13-14-15-16-17-18-19-20-21-22-28-35-37(33,34)36-29-27-31(2)25-23-30(32)24-26-31/h10-11,30,32H,3-9,12-29H2,1-2H3/b11-10-. The molecule has 220 valence electrons. The maximum Gasteiger partial charge on any atom is 0.268 e.